The highest BCUT2D eigenvalue weighted by Crippen LogP contribution is 2.27. The van der Waals surface area contributed by atoms with E-state index in [2.05, 4.69) is 9.98 Å². The van der Waals surface area contributed by atoms with Gasteiger partial charge in [-0.2, -0.15) is 13.2 Å². The number of rotatable bonds is 3. The number of nitrogens with zero attached hydrogens (tertiary/aromatic N) is 2. The molecule has 0 unspecified atom stereocenters. The van der Waals surface area contributed by atoms with Crippen LogP contribution in [0.2, 0.25) is 0 Å². The van der Waals surface area contributed by atoms with Crippen molar-refractivity contribution in [3.8, 4) is 0 Å². The van der Waals surface area contributed by atoms with E-state index in [1.807, 2.05) is 0 Å². The quantitative estimate of drug-likeness (QED) is 0.828. The van der Waals surface area contributed by atoms with Crippen LogP contribution in [0.15, 0.2) is 35.5 Å². The molecule has 0 saturated heterocycles. The fraction of sp³-hybridized carbons (Fsp3) is 0.273. The molecule has 0 amide bonds. The van der Waals surface area contributed by atoms with Crippen LogP contribution in [0.4, 0.5) is 13.2 Å². The molecule has 3 nitrogen and oxygen atoms in total. The van der Waals surface area contributed by atoms with E-state index >= 15 is 0 Å². The van der Waals surface area contributed by atoms with Crippen molar-refractivity contribution in [3.63, 3.8) is 0 Å². The molecular formula is C11H12F3N3. The molecule has 0 aliphatic carbocycles. The monoisotopic (exact) mass is 243 g/mol. The van der Waals surface area contributed by atoms with E-state index < -0.39 is 11.9 Å². The van der Waals surface area contributed by atoms with Crippen molar-refractivity contribution in [3.05, 3.63) is 41.9 Å². The third-order valence-electron chi connectivity index (χ3n) is 1.88. The van der Waals surface area contributed by atoms with Crippen molar-refractivity contribution in [1.29, 1.82) is 0 Å². The highest BCUT2D eigenvalue weighted by atomic mass is 19.4. The van der Waals surface area contributed by atoms with Crippen LogP contribution in [-0.2, 0) is 6.18 Å². The lowest BCUT2D eigenvalue weighted by molar-refractivity contribution is -0.141. The molecule has 0 atom stereocenters. The van der Waals surface area contributed by atoms with Gasteiger partial charge in [-0.05, 0) is 31.3 Å². The number of halogens is 3. The van der Waals surface area contributed by atoms with Crippen LogP contribution in [0.1, 0.15) is 18.3 Å². The molecule has 0 fully saturated rings. The van der Waals surface area contributed by atoms with Gasteiger partial charge in [-0.3, -0.25) is 4.99 Å². The minimum atomic E-state index is -4.46. The van der Waals surface area contributed by atoms with Crippen LogP contribution in [0.3, 0.4) is 0 Å². The zero-order chi connectivity index (χ0) is 12.9. The molecule has 0 spiro atoms. The molecule has 2 N–H and O–H groups in total. The standard InChI is InChI=1S/C11H12F3N3/c1-2-16-8(6-7-15)9-4-3-5-10(17-9)11(12,13)14/h3-7H,2,15H2,1H3/b7-6+,16-8+. The number of aliphatic imine (C=N–C) groups is 1. The summed E-state index contributed by atoms with van der Waals surface area (Å²) in [4.78, 5) is 7.55. The van der Waals surface area contributed by atoms with Gasteiger partial charge in [0.25, 0.3) is 0 Å². The fourth-order valence-electron chi connectivity index (χ4n) is 1.22. The third kappa shape index (κ3) is 3.58. The van der Waals surface area contributed by atoms with E-state index in [0.717, 1.165) is 6.07 Å². The molecule has 92 valence electrons. The number of allylic oxidation sites excluding steroid dienone is 1. The van der Waals surface area contributed by atoms with Crippen LogP contribution < -0.4 is 5.73 Å². The van der Waals surface area contributed by atoms with Crippen LogP contribution >= 0.6 is 0 Å². The van der Waals surface area contributed by atoms with Gasteiger partial charge in [-0.1, -0.05) is 6.07 Å². The first kappa shape index (κ1) is 13.2. The third-order valence-corrected chi connectivity index (χ3v) is 1.88. The summed E-state index contributed by atoms with van der Waals surface area (Å²) in [5.74, 6) is 0. The first-order valence-electron chi connectivity index (χ1n) is 4.96. The first-order valence-corrected chi connectivity index (χ1v) is 4.96. The van der Waals surface area contributed by atoms with Crippen molar-refractivity contribution < 1.29 is 13.2 Å². The summed E-state index contributed by atoms with van der Waals surface area (Å²) >= 11 is 0. The van der Waals surface area contributed by atoms with E-state index in [-0.39, 0.29) is 5.69 Å². The van der Waals surface area contributed by atoms with E-state index in [1.54, 1.807) is 6.92 Å². The largest absolute Gasteiger partial charge is 0.433 e. The Bertz CT molecular complexity index is 436. The van der Waals surface area contributed by atoms with Crippen molar-refractivity contribution in [2.45, 2.75) is 13.1 Å². The van der Waals surface area contributed by atoms with E-state index in [0.29, 0.717) is 12.3 Å². The molecule has 1 heterocycles. The molecule has 17 heavy (non-hydrogen) atoms. The lowest BCUT2D eigenvalue weighted by atomic mass is 10.2. The number of nitrogens with two attached hydrogens (primary N) is 1. The lowest BCUT2D eigenvalue weighted by Gasteiger charge is -2.07. The highest BCUT2D eigenvalue weighted by Gasteiger charge is 2.32. The fourth-order valence-corrected chi connectivity index (χ4v) is 1.22. The van der Waals surface area contributed by atoms with Crippen molar-refractivity contribution in [1.82, 2.24) is 4.98 Å². The van der Waals surface area contributed by atoms with Gasteiger partial charge in [0.05, 0.1) is 11.4 Å². The Morgan fingerprint density at radius 2 is 2.18 bits per heavy atom. The van der Waals surface area contributed by atoms with Crippen LogP contribution in [0.5, 0.6) is 0 Å². The maximum Gasteiger partial charge on any atom is 0.433 e. The average Bonchev–Trinajstić information content (AvgIpc) is 2.28. The van der Waals surface area contributed by atoms with Crippen LogP contribution in [-0.4, -0.2) is 17.2 Å². The molecule has 0 saturated carbocycles. The Balaban J connectivity index is 3.18. The van der Waals surface area contributed by atoms with Gasteiger partial charge >= 0.3 is 6.18 Å². The zero-order valence-electron chi connectivity index (χ0n) is 9.20. The molecule has 1 rings (SSSR count). The topological polar surface area (TPSA) is 51.3 Å². The summed E-state index contributed by atoms with van der Waals surface area (Å²) in [7, 11) is 0. The maximum absolute atomic E-state index is 12.5. The lowest BCUT2D eigenvalue weighted by Crippen LogP contribution is -2.11. The van der Waals surface area contributed by atoms with Gasteiger partial charge in [0.1, 0.15) is 5.69 Å². The van der Waals surface area contributed by atoms with E-state index in [9.17, 15) is 13.2 Å². The Morgan fingerprint density at radius 3 is 2.71 bits per heavy atom. The second-order valence-electron chi connectivity index (χ2n) is 3.12. The molecule has 0 aliphatic heterocycles. The molecule has 1 aromatic rings. The molecule has 0 aromatic carbocycles. The van der Waals surface area contributed by atoms with Gasteiger partial charge in [-0.25, -0.2) is 4.98 Å². The predicted molar refractivity (Wildman–Crippen MR) is 59.6 cm³/mol. The molecule has 0 aliphatic rings. The number of pyridine rings is 1. The number of alkyl halides is 3. The minimum absolute atomic E-state index is 0.156. The average molecular weight is 243 g/mol. The number of hydrogen-bond acceptors (Lipinski definition) is 3. The maximum atomic E-state index is 12.5. The molecule has 0 radical (unpaired) electrons. The summed E-state index contributed by atoms with van der Waals surface area (Å²) in [6.45, 7) is 2.22. The summed E-state index contributed by atoms with van der Waals surface area (Å²) in [5.41, 5.74) is 4.76. The second-order valence-corrected chi connectivity index (χ2v) is 3.12. The van der Waals surface area contributed by atoms with Gasteiger partial charge < -0.3 is 5.73 Å². The van der Waals surface area contributed by atoms with Gasteiger partial charge in [0, 0.05) is 6.54 Å². The minimum Gasteiger partial charge on any atom is -0.405 e. The second kappa shape index (κ2) is 5.47. The van der Waals surface area contributed by atoms with Crippen molar-refractivity contribution in [2.75, 3.05) is 6.54 Å². The predicted octanol–water partition coefficient (Wildman–Crippen LogP) is 2.38. The van der Waals surface area contributed by atoms with E-state index in [4.69, 9.17) is 5.73 Å². The SMILES string of the molecule is CC/N=C(\C=C\N)c1cccc(C(F)(F)F)n1. The smallest absolute Gasteiger partial charge is 0.405 e. The molecule has 0 bridgehead atoms. The molecular weight excluding hydrogens is 231 g/mol. The summed E-state index contributed by atoms with van der Waals surface area (Å²) in [6, 6.07) is 3.67. The molecule has 6 heteroatoms. The van der Waals surface area contributed by atoms with Crippen molar-refractivity contribution in [2.24, 2.45) is 10.7 Å². The zero-order valence-corrected chi connectivity index (χ0v) is 9.20. The van der Waals surface area contributed by atoms with Gasteiger partial charge in [0.2, 0.25) is 0 Å². The van der Waals surface area contributed by atoms with E-state index in [1.165, 1.54) is 24.4 Å². The number of hydrogen-bond donors (Lipinski definition) is 1. The summed E-state index contributed by atoms with van der Waals surface area (Å²) in [5, 5.41) is 0. The van der Waals surface area contributed by atoms with Crippen molar-refractivity contribution >= 4 is 5.71 Å². The normalized spacial score (nSPS) is 13.3. The van der Waals surface area contributed by atoms with Gasteiger partial charge in [-0.15, -0.1) is 0 Å². The molecule has 1 aromatic heterocycles. The van der Waals surface area contributed by atoms with Crippen LogP contribution in [0.25, 0.3) is 0 Å². The Kier molecular flexibility index (Phi) is 4.25. The number of aromatic nitrogens is 1. The first-order chi connectivity index (χ1) is 7.99. The van der Waals surface area contributed by atoms with Gasteiger partial charge in [0.15, 0.2) is 0 Å². The Hall–Kier alpha value is -1.85. The Morgan fingerprint density at radius 1 is 1.47 bits per heavy atom. The highest BCUT2D eigenvalue weighted by molar-refractivity contribution is 6.07. The Labute approximate surface area is 96.9 Å². The van der Waals surface area contributed by atoms with Crippen LogP contribution in [0, 0.1) is 0 Å². The summed E-state index contributed by atoms with van der Waals surface area (Å²) < 4.78 is 37.4. The summed E-state index contributed by atoms with van der Waals surface area (Å²) in [6.07, 6.45) is -1.82.